The second-order valence-electron chi connectivity index (χ2n) is 4.48. The third kappa shape index (κ3) is 2.69. The Morgan fingerprint density at radius 1 is 1.05 bits per heavy atom. The normalized spacial score (nSPS) is 10.4. The molecule has 0 aliphatic carbocycles. The molecule has 0 aliphatic heterocycles. The third-order valence-electron chi connectivity index (χ3n) is 3.12. The van der Waals surface area contributed by atoms with E-state index in [0.29, 0.717) is 12.5 Å². The Kier molecular flexibility index (Phi) is 3.46. The van der Waals surface area contributed by atoms with Crippen LogP contribution in [0.5, 0.6) is 5.75 Å². The second kappa shape index (κ2) is 5.57. The first-order valence-corrected chi connectivity index (χ1v) is 6.37. The van der Waals surface area contributed by atoms with Crippen molar-refractivity contribution in [3.63, 3.8) is 0 Å². The summed E-state index contributed by atoms with van der Waals surface area (Å²) in [5.74, 6) is 1.33. The molecule has 0 radical (unpaired) electrons. The first-order chi connectivity index (χ1) is 9.83. The highest BCUT2D eigenvalue weighted by molar-refractivity contribution is 5.53. The van der Waals surface area contributed by atoms with Crippen LogP contribution in [0.3, 0.4) is 0 Å². The van der Waals surface area contributed by atoms with Gasteiger partial charge in [0.15, 0.2) is 0 Å². The van der Waals surface area contributed by atoms with Crippen molar-refractivity contribution in [2.45, 2.75) is 13.5 Å². The fourth-order valence-corrected chi connectivity index (χ4v) is 1.93. The minimum Gasteiger partial charge on any atom is -0.489 e. The van der Waals surface area contributed by atoms with Crippen molar-refractivity contribution in [1.29, 1.82) is 0 Å². The maximum atomic E-state index is 5.78. The molecule has 4 heteroatoms. The summed E-state index contributed by atoms with van der Waals surface area (Å²) >= 11 is 0. The predicted molar refractivity (Wildman–Crippen MR) is 75.2 cm³/mol. The zero-order chi connectivity index (χ0) is 13.8. The van der Waals surface area contributed by atoms with Crippen LogP contribution in [0.25, 0.3) is 11.5 Å². The Morgan fingerprint density at radius 2 is 1.85 bits per heavy atom. The van der Waals surface area contributed by atoms with E-state index in [0.717, 1.165) is 11.3 Å². The number of hydrogen-bond donors (Lipinski definition) is 0. The van der Waals surface area contributed by atoms with Gasteiger partial charge in [-0.15, -0.1) is 10.2 Å². The van der Waals surface area contributed by atoms with E-state index < -0.39 is 0 Å². The Hall–Kier alpha value is -2.62. The van der Waals surface area contributed by atoms with Gasteiger partial charge in [-0.2, -0.15) is 0 Å². The monoisotopic (exact) mass is 266 g/mol. The fraction of sp³-hybridized carbons (Fsp3) is 0.125. The zero-order valence-electron chi connectivity index (χ0n) is 11.1. The lowest BCUT2D eigenvalue weighted by molar-refractivity contribution is 0.305. The first-order valence-electron chi connectivity index (χ1n) is 6.37. The fourth-order valence-electron chi connectivity index (χ4n) is 1.93. The highest BCUT2D eigenvalue weighted by atomic mass is 16.5. The minimum absolute atomic E-state index is 0.510. The summed E-state index contributed by atoms with van der Waals surface area (Å²) < 4.78 is 10.9. The Labute approximate surface area is 117 Å². The summed E-state index contributed by atoms with van der Waals surface area (Å²) in [4.78, 5) is 0. The molecule has 2 aromatic carbocycles. The number of ether oxygens (including phenoxy) is 1. The lowest BCUT2D eigenvalue weighted by atomic mass is 10.1. The topological polar surface area (TPSA) is 48.2 Å². The molecule has 0 fully saturated rings. The van der Waals surface area contributed by atoms with Crippen LogP contribution in [0.15, 0.2) is 59.3 Å². The molecule has 0 aliphatic rings. The molecule has 0 spiro atoms. The van der Waals surface area contributed by atoms with Crippen molar-refractivity contribution in [2.75, 3.05) is 0 Å². The molecule has 3 rings (SSSR count). The average Bonchev–Trinajstić information content (AvgIpc) is 3.01. The lowest BCUT2D eigenvalue weighted by Crippen LogP contribution is -1.97. The second-order valence-corrected chi connectivity index (χ2v) is 4.48. The van der Waals surface area contributed by atoms with E-state index in [4.69, 9.17) is 9.15 Å². The Morgan fingerprint density at radius 3 is 2.55 bits per heavy atom. The number of aryl methyl sites for hydroxylation is 1. The summed E-state index contributed by atoms with van der Waals surface area (Å²) in [7, 11) is 0. The van der Waals surface area contributed by atoms with E-state index in [-0.39, 0.29) is 0 Å². The molecule has 0 atom stereocenters. The Balaban J connectivity index is 1.68. The van der Waals surface area contributed by atoms with Gasteiger partial charge in [0.1, 0.15) is 12.4 Å². The number of aromatic nitrogens is 2. The minimum atomic E-state index is 0.510. The molecule has 0 unspecified atom stereocenters. The molecule has 1 heterocycles. The Bertz CT molecular complexity index is 676. The standard InChI is InChI=1S/C16H14N2O2/c1-12-4-2-3-5-14(12)10-19-15-8-6-13(7-9-15)16-18-17-11-20-16/h2-9,11H,10H2,1H3. The molecule has 0 saturated heterocycles. The van der Waals surface area contributed by atoms with Gasteiger partial charge in [-0.05, 0) is 42.3 Å². The van der Waals surface area contributed by atoms with Gasteiger partial charge in [0.25, 0.3) is 0 Å². The number of rotatable bonds is 4. The van der Waals surface area contributed by atoms with Crippen molar-refractivity contribution >= 4 is 0 Å². The lowest BCUT2D eigenvalue weighted by Gasteiger charge is -2.08. The summed E-state index contributed by atoms with van der Waals surface area (Å²) in [6.45, 7) is 2.64. The molecule has 20 heavy (non-hydrogen) atoms. The van der Waals surface area contributed by atoms with Gasteiger partial charge in [0.05, 0.1) is 0 Å². The summed E-state index contributed by atoms with van der Waals surface area (Å²) in [6, 6.07) is 15.8. The van der Waals surface area contributed by atoms with Crippen LogP contribution >= 0.6 is 0 Å². The van der Waals surface area contributed by atoms with Crippen LogP contribution in [0.4, 0.5) is 0 Å². The van der Waals surface area contributed by atoms with Gasteiger partial charge in [0.2, 0.25) is 12.3 Å². The van der Waals surface area contributed by atoms with Crippen LogP contribution < -0.4 is 4.74 Å². The van der Waals surface area contributed by atoms with Crippen molar-refractivity contribution in [2.24, 2.45) is 0 Å². The van der Waals surface area contributed by atoms with Gasteiger partial charge in [-0.1, -0.05) is 24.3 Å². The van der Waals surface area contributed by atoms with Crippen LogP contribution in [-0.2, 0) is 6.61 Å². The quantitative estimate of drug-likeness (QED) is 0.723. The van der Waals surface area contributed by atoms with Gasteiger partial charge in [-0.3, -0.25) is 0 Å². The molecular weight excluding hydrogens is 252 g/mol. The SMILES string of the molecule is Cc1ccccc1COc1ccc(-c2nnco2)cc1. The van der Waals surface area contributed by atoms with Gasteiger partial charge >= 0.3 is 0 Å². The molecule has 1 aromatic heterocycles. The van der Waals surface area contributed by atoms with E-state index in [1.54, 1.807) is 0 Å². The molecular formula is C16H14N2O2. The van der Waals surface area contributed by atoms with Crippen molar-refractivity contribution in [3.05, 3.63) is 66.1 Å². The van der Waals surface area contributed by atoms with Crippen molar-refractivity contribution < 1.29 is 9.15 Å². The van der Waals surface area contributed by atoms with Crippen LogP contribution in [0, 0.1) is 6.92 Å². The first kappa shape index (κ1) is 12.4. The van der Waals surface area contributed by atoms with Crippen LogP contribution in [0.1, 0.15) is 11.1 Å². The van der Waals surface area contributed by atoms with E-state index in [2.05, 4.69) is 29.3 Å². The molecule has 4 nitrogen and oxygen atoms in total. The highest BCUT2D eigenvalue weighted by Crippen LogP contribution is 2.21. The largest absolute Gasteiger partial charge is 0.489 e. The average molecular weight is 266 g/mol. The maximum Gasteiger partial charge on any atom is 0.247 e. The summed E-state index contributed by atoms with van der Waals surface area (Å²) in [5, 5.41) is 7.52. The third-order valence-corrected chi connectivity index (χ3v) is 3.12. The van der Waals surface area contributed by atoms with Crippen LogP contribution in [0.2, 0.25) is 0 Å². The molecule has 0 bridgehead atoms. The number of nitrogens with zero attached hydrogens (tertiary/aromatic N) is 2. The highest BCUT2D eigenvalue weighted by Gasteiger charge is 2.04. The number of benzene rings is 2. The molecule has 3 aromatic rings. The smallest absolute Gasteiger partial charge is 0.247 e. The van der Waals surface area contributed by atoms with Gasteiger partial charge < -0.3 is 9.15 Å². The van der Waals surface area contributed by atoms with Gasteiger partial charge in [-0.25, -0.2) is 0 Å². The molecule has 100 valence electrons. The van der Waals surface area contributed by atoms with Crippen LogP contribution in [-0.4, -0.2) is 10.2 Å². The van der Waals surface area contributed by atoms with Gasteiger partial charge in [0, 0.05) is 5.56 Å². The predicted octanol–water partition coefficient (Wildman–Crippen LogP) is 3.62. The van der Waals surface area contributed by atoms with E-state index in [9.17, 15) is 0 Å². The van der Waals surface area contributed by atoms with Crippen molar-refractivity contribution in [1.82, 2.24) is 10.2 Å². The van der Waals surface area contributed by atoms with Crippen molar-refractivity contribution in [3.8, 4) is 17.2 Å². The number of hydrogen-bond acceptors (Lipinski definition) is 4. The zero-order valence-corrected chi connectivity index (χ0v) is 11.1. The molecule has 0 saturated carbocycles. The molecule has 0 N–H and O–H groups in total. The summed E-state index contributed by atoms with van der Waals surface area (Å²) in [5.41, 5.74) is 3.30. The molecule has 0 amide bonds. The van der Waals surface area contributed by atoms with E-state index in [1.165, 1.54) is 17.5 Å². The van der Waals surface area contributed by atoms with E-state index >= 15 is 0 Å². The maximum absolute atomic E-state index is 5.78. The summed E-state index contributed by atoms with van der Waals surface area (Å²) in [6.07, 6.45) is 1.32. The van der Waals surface area contributed by atoms with E-state index in [1.807, 2.05) is 36.4 Å².